The summed E-state index contributed by atoms with van der Waals surface area (Å²) in [4.78, 5) is 23.2. The lowest BCUT2D eigenvalue weighted by atomic mass is 9.94. The summed E-state index contributed by atoms with van der Waals surface area (Å²) in [6, 6.07) is 7.84. The second-order valence-corrected chi connectivity index (χ2v) is 6.35. The van der Waals surface area contributed by atoms with Gasteiger partial charge in [-0.25, -0.2) is 0 Å². The number of benzene rings is 1. The van der Waals surface area contributed by atoms with Gasteiger partial charge < -0.3 is 15.8 Å². The van der Waals surface area contributed by atoms with Crippen LogP contribution in [0.4, 0.5) is 0 Å². The fourth-order valence-electron chi connectivity index (χ4n) is 2.59. The van der Waals surface area contributed by atoms with E-state index in [1.807, 2.05) is 54.8 Å². The fourth-order valence-corrected chi connectivity index (χ4v) is 3.53. The Morgan fingerprint density at radius 1 is 1.38 bits per heavy atom. The summed E-state index contributed by atoms with van der Waals surface area (Å²) in [7, 11) is 1.50. The van der Waals surface area contributed by atoms with Gasteiger partial charge in [0.05, 0.1) is 11.6 Å². The Hall–Kier alpha value is -2.24. The van der Waals surface area contributed by atoms with Crippen molar-refractivity contribution in [3.05, 3.63) is 59.0 Å². The van der Waals surface area contributed by atoms with E-state index in [1.165, 1.54) is 7.05 Å². The number of allylic oxidation sites excluding steroid dienone is 2. The Balaban J connectivity index is 0.00000100. The van der Waals surface area contributed by atoms with Crippen LogP contribution in [0.3, 0.4) is 0 Å². The molecule has 1 aliphatic carbocycles. The van der Waals surface area contributed by atoms with Crippen molar-refractivity contribution >= 4 is 33.6 Å². The van der Waals surface area contributed by atoms with E-state index < -0.39 is 0 Å². The smallest absolute Gasteiger partial charge is 0.253 e. The highest BCUT2D eigenvalue weighted by Gasteiger charge is 2.17. The molecule has 0 bridgehead atoms. The largest absolute Gasteiger partial charge is 0.345 e. The summed E-state index contributed by atoms with van der Waals surface area (Å²) in [5.74, 6) is -0.0933. The zero-order valence-electron chi connectivity index (χ0n) is 13.9. The van der Waals surface area contributed by atoms with Gasteiger partial charge in [-0.05, 0) is 32.0 Å². The molecule has 4 nitrogen and oxygen atoms in total. The summed E-state index contributed by atoms with van der Waals surface area (Å²) in [6.45, 7) is 1.96. The van der Waals surface area contributed by atoms with Gasteiger partial charge in [0.1, 0.15) is 6.29 Å². The molecule has 0 saturated heterocycles. The van der Waals surface area contributed by atoms with Crippen molar-refractivity contribution < 1.29 is 9.59 Å². The van der Waals surface area contributed by atoms with E-state index in [9.17, 15) is 9.59 Å². The third kappa shape index (κ3) is 3.99. The lowest BCUT2D eigenvalue weighted by molar-refractivity contribution is -0.109. The predicted octanol–water partition coefficient (Wildman–Crippen LogP) is 3.30. The highest BCUT2D eigenvalue weighted by molar-refractivity contribution is 7.17. The van der Waals surface area contributed by atoms with E-state index in [2.05, 4.69) is 11.1 Å². The van der Waals surface area contributed by atoms with Crippen molar-refractivity contribution in [2.24, 2.45) is 11.7 Å². The Labute approximate surface area is 146 Å². The molecule has 2 atom stereocenters. The van der Waals surface area contributed by atoms with Crippen LogP contribution in [0, 0.1) is 5.92 Å². The topological polar surface area (TPSA) is 72.2 Å². The van der Waals surface area contributed by atoms with Crippen LogP contribution in [-0.2, 0) is 4.79 Å². The van der Waals surface area contributed by atoms with Gasteiger partial charge in [-0.3, -0.25) is 4.79 Å². The maximum atomic E-state index is 12.5. The summed E-state index contributed by atoms with van der Waals surface area (Å²) in [5, 5.41) is 5.93. The minimum atomic E-state index is -0.0741. The third-order valence-electron chi connectivity index (χ3n) is 3.91. The molecule has 0 spiro atoms. The van der Waals surface area contributed by atoms with E-state index in [0.29, 0.717) is 6.42 Å². The average Bonchev–Trinajstić information content (AvgIpc) is 3.07. The summed E-state index contributed by atoms with van der Waals surface area (Å²) >= 11 is 1.58. The highest BCUT2D eigenvalue weighted by atomic mass is 32.1. The number of nitrogens with one attached hydrogen (secondary N) is 1. The minimum absolute atomic E-state index is 0.0348. The zero-order valence-corrected chi connectivity index (χ0v) is 14.7. The van der Waals surface area contributed by atoms with Gasteiger partial charge >= 0.3 is 0 Å². The second-order valence-electron chi connectivity index (χ2n) is 5.44. The number of thiophene rings is 1. The normalized spacial score (nSPS) is 17.5. The summed E-state index contributed by atoms with van der Waals surface area (Å²) < 4.78 is 1.12. The lowest BCUT2D eigenvalue weighted by Gasteiger charge is -2.18. The molecule has 126 valence electrons. The van der Waals surface area contributed by atoms with Crippen LogP contribution < -0.4 is 11.1 Å². The van der Waals surface area contributed by atoms with E-state index in [4.69, 9.17) is 0 Å². The number of rotatable bonds is 4. The molecule has 1 aromatic heterocycles. The zero-order chi connectivity index (χ0) is 17.5. The number of amides is 1. The fraction of sp³-hybridized carbons (Fsp3) is 0.263. The van der Waals surface area contributed by atoms with Crippen LogP contribution in [-0.4, -0.2) is 25.3 Å². The molecular weight excluding hydrogens is 320 g/mol. The Morgan fingerprint density at radius 3 is 2.79 bits per heavy atom. The number of carbonyl (C=O) groups is 2. The van der Waals surface area contributed by atoms with Gasteiger partial charge in [-0.15, -0.1) is 11.3 Å². The Kier molecular flexibility index (Phi) is 6.46. The van der Waals surface area contributed by atoms with Crippen molar-refractivity contribution in [3.8, 4) is 0 Å². The van der Waals surface area contributed by atoms with Crippen molar-refractivity contribution in [2.75, 3.05) is 7.05 Å². The van der Waals surface area contributed by atoms with Crippen LogP contribution in [0.15, 0.2) is 53.4 Å². The van der Waals surface area contributed by atoms with Gasteiger partial charge in [0, 0.05) is 21.4 Å². The van der Waals surface area contributed by atoms with Gasteiger partial charge in [0.15, 0.2) is 0 Å². The van der Waals surface area contributed by atoms with Crippen LogP contribution in [0.25, 0.3) is 10.1 Å². The van der Waals surface area contributed by atoms with Crippen molar-refractivity contribution in [3.63, 3.8) is 0 Å². The molecule has 0 saturated carbocycles. The van der Waals surface area contributed by atoms with Gasteiger partial charge in [0.25, 0.3) is 5.91 Å². The molecule has 3 N–H and O–H groups in total. The van der Waals surface area contributed by atoms with E-state index in [1.54, 1.807) is 11.3 Å². The molecule has 24 heavy (non-hydrogen) atoms. The van der Waals surface area contributed by atoms with E-state index >= 15 is 0 Å². The average molecular weight is 342 g/mol. The minimum Gasteiger partial charge on any atom is -0.345 e. The summed E-state index contributed by atoms with van der Waals surface area (Å²) in [6.07, 6.45) is 7.50. The number of fused-ring (bicyclic) bond motifs is 1. The first-order valence-electron chi connectivity index (χ1n) is 7.87. The molecule has 0 fully saturated rings. The molecule has 1 aromatic carbocycles. The van der Waals surface area contributed by atoms with Crippen molar-refractivity contribution in [1.82, 2.24) is 5.32 Å². The molecule has 3 rings (SSSR count). The molecule has 1 heterocycles. The first-order chi connectivity index (χ1) is 11.7. The molecular formula is C19H22N2O2S. The standard InChI is InChI=1S/C18H17NO2S.CH5N/c1-12(14-8-6-13(10-20)7-9-14)19-18(21)16-11-22-17-5-3-2-4-15(16)17;1-2/h2-6,8-13H,7H2,1H3,(H,19,21);2H2,1H3. The van der Waals surface area contributed by atoms with Crippen LogP contribution >= 0.6 is 11.3 Å². The Bertz CT molecular complexity index is 777. The number of nitrogens with two attached hydrogens (primary N) is 1. The number of hydrogen-bond acceptors (Lipinski definition) is 4. The first-order valence-corrected chi connectivity index (χ1v) is 8.75. The molecule has 2 aromatic rings. The van der Waals surface area contributed by atoms with Crippen molar-refractivity contribution in [1.29, 1.82) is 0 Å². The van der Waals surface area contributed by atoms with Gasteiger partial charge in [-0.2, -0.15) is 0 Å². The molecule has 5 heteroatoms. The maximum absolute atomic E-state index is 12.5. The van der Waals surface area contributed by atoms with E-state index in [-0.39, 0.29) is 17.9 Å². The van der Waals surface area contributed by atoms with Crippen LogP contribution in [0.5, 0.6) is 0 Å². The van der Waals surface area contributed by atoms with Crippen LogP contribution in [0.2, 0.25) is 0 Å². The maximum Gasteiger partial charge on any atom is 0.253 e. The predicted molar refractivity (Wildman–Crippen MR) is 100 cm³/mol. The quantitative estimate of drug-likeness (QED) is 0.838. The first kappa shape index (κ1) is 18.1. The summed E-state index contributed by atoms with van der Waals surface area (Å²) in [5.41, 5.74) is 6.27. The highest BCUT2D eigenvalue weighted by Crippen LogP contribution is 2.26. The number of carbonyl (C=O) groups excluding carboxylic acids is 2. The lowest BCUT2D eigenvalue weighted by Crippen LogP contribution is -2.33. The molecule has 2 unspecified atom stereocenters. The molecule has 1 amide bonds. The van der Waals surface area contributed by atoms with Gasteiger partial charge in [0.2, 0.25) is 0 Å². The van der Waals surface area contributed by atoms with Gasteiger partial charge in [-0.1, -0.05) is 36.4 Å². The number of aldehydes is 1. The SMILES string of the molecule is CC(NC(=O)c1csc2ccccc12)C1=CCC(C=O)C=C1.CN. The molecule has 0 radical (unpaired) electrons. The molecule has 0 aliphatic heterocycles. The van der Waals surface area contributed by atoms with Crippen molar-refractivity contribution in [2.45, 2.75) is 19.4 Å². The third-order valence-corrected chi connectivity index (χ3v) is 4.87. The monoisotopic (exact) mass is 342 g/mol. The van der Waals surface area contributed by atoms with Crippen LogP contribution in [0.1, 0.15) is 23.7 Å². The number of hydrogen-bond donors (Lipinski definition) is 2. The Morgan fingerprint density at radius 2 is 2.12 bits per heavy atom. The van der Waals surface area contributed by atoms with E-state index in [0.717, 1.165) is 27.5 Å². The molecule has 1 aliphatic rings. The second kappa shape index (κ2) is 8.57.